The van der Waals surface area contributed by atoms with Crippen molar-refractivity contribution in [2.24, 2.45) is 5.92 Å². The molecule has 6 heteroatoms. The van der Waals surface area contributed by atoms with Gasteiger partial charge in [0.05, 0.1) is 12.1 Å². The first-order valence-electron chi connectivity index (χ1n) is 9.86. The molecule has 1 aliphatic heterocycles. The van der Waals surface area contributed by atoms with Crippen LogP contribution in [0, 0.1) is 17.8 Å². The van der Waals surface area contributed by atoms with Crippen LogP contribution in [0.15, 0.2) is 24.3 Å². The van der Waals surface area contributed by atoms with Crippen molar-refractivity contribution in [1.82, 2.24) is 4.90 Å². The molecule has 1 fully saturated rings. The third-order valence-corrected chi connectivity index (χ3v) is 6.04. The van der Waals surface area contributed by atoms with E-state index in [1.807, 2.05) is 30.9 Å². The first kappa shape index (κ1) is 22.2. The normalized spacial score (nSPS) is 18.9. The standard InChI is InChI=1S/C22H29NO4S/c1-3-4-5-7-16(2)19(24)12-9-17-10-14-21(25)23(17)15-6-8-18-11-13-20(28-18)22(26)27/h9,11-13,16-17,19,24H,3,6-8,10,14-15H2,1-2H3,(H,26,27)/b12-9+/t16-,17?,19+/m0/s1. The number of aliphatic hydroxyl groups is 1. The lowest BCUT2D eigenvalue weighted by molar-refractivity contribution is -0.128. The summed E-state index contributed by atoms with van der Waals surface area (Å²) in [5, 5.41) is 19.3. The molecular weight excluding hydrogens is 374 g/mol. The number of hydrogen-bond acceptors (Lipinski definition) is 4. The van der Waals surface area contributed by atoms with E-state index in [9.17, 15) is 14.7 Å². The van der Waals surface area contributed by atoms with Crippen molar-refractivity contribution >= 4 is 23.2 Å². The predicted octanol–water partition coefficient (Wildman–Crippen LogP) is 3.73. The molecule has 2 rings (SSSR count). The summed E-state index contributed by atoms with van der Waals surface area (Å²) < 4.78 is 0. The van der Waals surface area contributed by atoms with Crippen LogP contribution in [0.3, 0.4) is 0 Å². The minimum atomic E-state index is -0.898. The van der Waals surface area contributed by atoms with E-state index in [4.69, 9.17) is 5.11 Å². The van der Waals surface area contributed by atoms with Crippen LogP contribution >= 0.6 is 11.3 Å². The molecule has 1 aromatic heterocycles. The summed E-state index contributed by atoms with van der Waals surface area (Å²) >= 11 is 1.29. The van der Waals surface area contributed by atoms with Crippen LogP contribution in [-0.4, -0.2) is 45.7 Å². The Kier molecular flexibility index (Phi) is 8.75. The molecule has 1 unspecified atom stereocenters. The fourth-order valence-electron chi connectivity index (χ4n) is 3.21. The zero-order valence-corrected chi connectivity index (χ0v) is 17.4. The number of carboxylic acid groups (broad SMARTS) is 1. The number of carboxylic acids is 1. The van der Waals surface area contributed by atoms with Gasteiger partial charge in [-0.15, -0.1) is 23.2 Å². The van der Waals surface area contributed by atoms with Crippen molar-refractivity contribution in [2.75, 3.05) is 6.54 Å². The van der Waals surface area contributed by atoms with Gasteiger partial charge in [0.15, 0.2) is 0 Å². The summed E-state index contributed by atoms with van der Waals surface area (Å²) in [5.41, 5.74) is 0. The van der Waals surface area contributed by atoms with E-state index in [1.165, 1.54) is 11.3 Å². The Morgan fingerprint density at radius 2 is 2.21 bits per heavy atom. The Morgan fingerprint density at radius 1 is 1.43 bits per heavy atom. The number of hydrogen-bond donors (Lipinski definition) is 2. The third-order valence-electron chi connectivity index (χ3n) is 4.91. The second kappa shape index (κ2) is 11.0. The second-order valence-electron chi connectivity index (χ2n) is 7.13. The molecule has 1 saturated heterocycles. The Labute approximate surface area is 171 Å². The van der Waals surface area contributed by atoms with Crippen LogP contribution in [0.4, 0.5) is 0 Å². The highest BCUT2D eigenvalue weighted by atomic mass is 32.1. The van der Waals surface area contributed by atoms with Crippen molar-refractivity contribution in [2.45, 2.75) is 64.5 Å². The summed E-state index contributed by atoms with van der Waals surface area (Å²) in [4.78, 5) is 26.4. The average molecular weight is 404 g/mol. The van der Waals surface area contributed by atoms with Gasteiger partial charge < -0.3 is 15.1 Å². The summed E-state index contributed by atoms with van der Waals surface area (Å²) in [7, 11) is 0. The van der Waals surface area contributed by atoms with Crippen molar-refractivity contribution in [3.63, 3.8) is 0 Å². The Hall–Kier alpha value is -2.10. The third kappa shape index (κ3) is 6.50. The Balaban J connectivity index is 1.85. The van der Waals surface area contributed by atoms with E-state index in [-0.39, 0.29) is 17.9 Å². The smallest absolute Gasteiger partial charge is 0.345 e. The minimum Gasteiger partial charge on any atom is -0.477 e. The van der Waals surface area contributed by atoms with Crippen LogP contribution in [0.1, 0.15) is 60.5 Å². The van der Waals surface area contributed by atoms with Crippen molar-refractivity contribution < 1.29 is 19.8 Å². The monoisotopic (exact) mass is 403 g/mol. The molecule has 1 aromatic rings. The van der Waals surface area contributed by atoms with Crippen LogP contribution in [0.25, 0.3) is 0 Å². The summed E-state index contributed by atoms with van der Waals surface area (Å²) in [6, 6.07) is 3.49. The van der Waals surface area contributed by atoms with Gasteiger partial charge in [-0.2, -0.15) is 0 Å². The summed E-state index contributed by atoms with van der Waals surface area (Å²) in [5.74, 6) is 5.39. The van der Waals surface area contributed by atoms with Gasteiger partial charge in [-0.3, -0.25) is 4.79 Å². The molecule has 0 saturated carbocycles. The SMILES string of the molecule is CCC#CC[C@H](C)[C@H](O)/C=C/C1CCC(=O)N1CCCc1ccc(C(=O)O)s1. The number of aryl methyl sites for hydroxylation is 1. The number of carbonyl (C=O) groups excluding carboxylic acids is 1. The molecule has 0 bridgehead atoms. The molecule has 152 valence electrons. The van der Waals surface area contributed by atoms with E-state index >= 15 is 0 Å². The van der Waals surface area contributed by atoms with E-state index < -0.39 is 12.1 Å². The predicted molar refractivity (Wildman–Crippen MR) is 111 cm³/mol. The number of rotatable bonds is 9. The first-order chi connectivity index (χ1) is 13.4. The largest absolute Gasteiger partial charge is 0.477 e. The second-order valence-corrected chi connectivity index (χ2v) is 8.30. The van der Waals surface area contributed by atoms with Crippen molar-refractivity contribution in [3.8, 4) is 11.8 Å². The van der Waals surface area contributed by atoms with Gasteiger partial charge in [-0.05, 0) is 37.3 Å². The molecule has 0 aromatic carbocycles. The molecule has 0 spiro atoms. The molecule has 5 nitrogen and oxygen atoms in total. The molecule has 0 radical (unpaired) electrons. The number of aromatic carboxylic acids is 1. The van der Waals surface area contributed by atoms with E-state index in [0.29, 0.717) is 24.3 Å². The maximum absolute atomic E-state index is 12.2. The molecule has 2 heterocycles. The zero-order valence-electron chi connectivity index (χ0n) is 16.6. The highest BCUT2D eigenvalue weighted by Crippen LogP contribution is 2.23. The average Bonchev–Trinajstić information content (AvgIpc) is 3.27. The zero-order chi connectivity index (χ0) is 20.5. The fourth-order valence-corrected chi connectivity index (χ4v) is 4.10. The lowest BCUT2D eigenvalue weighted by Crippen LogP contribution is -2.33. The van der Waals surface area contributed by atoms with E-state index in [1.54, 1.807) is 12.1 Å². The van der Waals surface area contributed by atoms with Gasteiger partial charge in [0.1, 0.15) is 4.88 Å². The fraction of sp³-hybridized carbons (Fsp3) is 0.545. The molecule has 0 aliphatic carbocycles. The maximum Gasteiger partial charge on any atom is 0.345 e. The lowest BCUT2D eigenvalue weighted by atomic mass is 10.00. The Morgan fingerprint density at radius 3 is 2.89 bits per heavy atom. The molecule has 28 heavy (non-hydrogen) atoms. The first-order valence-corrected chi connectivity index (χ1v) is 10.7. The van der Waals surface area contributed by atoms with Crippen molar-refractivity contribution in [3.05, 3.63) is 34.0 Å². The van der Waals surface area contributed by atoms with Gasteiger partial charge in [0.2, 0.25) is 5.91 Å². The molecule has 1 amide bonds. The Bertz CT molecular complexity index is 758. The van der Waals surface area contributed by atoms with Gasteiger partial charge in [-0.25, -0.2) is 4.79 Å². The van der Waals surface area contributed by atoms with Gasteiger partial charge in [0, 0.05) is 30.7 Å². The van der Waals surface area contributed by atoms with Gasteiger partial charge >= 0.3 is 5.97 Å². The quantitative estimate of drug-likeness (QED) is 0.486. The summed E-state index contributed by atoms with van der Waals surface area (Å²) in [6.07, 6.45) is 7.52. The van der Waals surface area contributed by atoms with Crippen molar-refractivity contribution in [1.29, 1.82) is 0 Å². The van der Waals surface area contributed by atoms with E-state index in [2.05, 4.69) is 11.8 Å². The highest BCUT2D eigenvalue weighted by Gasteiger charge is 2.28. The lowest BCUT2D eigenvalue weighted by Gasteiger charge is -2.23. The molecule has 2 N–H and O–H groups in total. The topological polar surface area (TPSA) is 77.8 Å². The van der Waals surface area contributed by atoms with Crippen LogP contribution < -0.4 is 0 Å². The van der Waals surface area contributed by atoms with E-state index in [0.717, 1.165) is 30.6 Å². The van der Waals surface area contributed by atoms with Crippen LogP contribution in [-0.2, 0) is 11.2 Å². The number of likely N-dealkylation sites (tertiary alicyclic amines) is 1. The van der Waals surface area contributed by atoms with Gasteiger partial charge in [0.25, 0.3) is 0 Å². The minimum absolute atomic E-state index is 0.0222. The summed E-state index contributed by atoms with van der Waals surface area (Å²) in [6.45, 7) is 4.62. The van der Waals surface area contributed by atoms with Gasteiger partial charge in [-0.1, -0.05) is 26.0 Å². The number of aliphatic hydroxyl groups excluding tert-OH is 1. The molecular formula is C22H29NO4S. The number of amides is 1. The van der Waals surface area contributed by atoms with Crippen LogP contribution in [0.2, 0.25) is 0 Å². The number of nitrogens with zero attached hydrogens (tertiary/aromatic N) is 1. The number of carbonyl (C=O) groups is 2. The maximum atomic E-state index is 12.2. The highest BCUT2D eigenvalue weighted by molar-refractivity contribution is 7.13. The van der Waals surface area contributed by atoms with Crippen LogP contribution in [0.5, 0.6) is 0 Å². The molecule has 1 aliphatic rings. The molecule has 3 atom stereocenters. The number of thiophene rings is 1.